The second kappa shape index (κ2) is 11.4. The van der Waals surface area contributed by atoms with Crippen LogP contribution in [-0.4, -0.2) is 22.4 Å². The summed E-state index contributed by atoms with van der Waals surface area (Å²) in [5, 5.41) is 0.422. The Bertz CT molecular complexity index is 1290. The molecule has 4 nitrogen and oxygen atoms in total. The minimum absolute atomic E-state index is 0.113. The van der Waals surface area contributed by atoms with Crippen molar-refractivity contribution in [2.45, 2.75) is 13.1 Å². The number of carbonyl (C=O) groups is 1. The highest BCUT2D eigenvalue weighted by molar-refractivity contribution is 6.29. The predicted octanol–water partition coefficient (Wildman–Crippen LogP) is 6.86. The first-order chi connectivity index (χ1) is 17.0. The molecule has 0 N–H and O–H groups in total. The number of nitrogens with zero attached hydrogens (tertiary/aromatic N) is 2. The van der Waals surface area contributed by atoms with E-state index in [1.807, 2.05) is 54.6 Å². The van der Waals surface area contributed by atoms with Crippen LogP contribution in [0.15, 0.2) is 109 Å². The van der Waals surface area contributed by atoms with Gasteiger partial charge >= 0.3 is 0 Å². The van der Waals surface area contributed by atoms with E-state index < -0.39 is 0 Å². The van der Waals surface area contributed by atoms with E-state index in [4.69, 9.17) is 16.3 Å². The molecular formula is C29H24ClFN2O2. The molecule has 0 saturated carbocycles. The van der Waals surface area contributed by atoms with E-state index in [2.05, 4.69) is 11.6 Å². The number of rotatable bonds is 9. The number of pyridine rings is 1. The average molecular weight is 487 g/mol. The quantitative estimate of drug-likeness (QED) is 0.259. The summed E-state index contributed by atoms with van der Waals surface area (Å²) in [6, 6.07) is 24.9. The Morgan fingerprint density at radius 1 is 0.914 bits per heavy atom. The lowest BCUT2D eigenvalue weighted by molar-refractivity contribution is 0.0730. The maximum absolute atomic E-state index is 13.6. The highest BCUT2D eigenvalue weighted by atomic mass is 35.5. The van der Waals surface area contributed by atoms with Crippen LogP contribution in [0.2, 0.25) is 0 Å². The Balaban J connectivity index is 1.54. The van der Waals surface area contributed by atoms with Gasteiger partial charge in [-0.15, -0.1) is 0 Å². The first-order valence-corrected chi connectivity index (χ1v) is 11.4. The van der Waals surface area contributed by atoms with E-state index in [0.29, 0.717) is 29.4 Å². The Morgan fingerprint density at radius 2 is 1.66 bits per heavy atom. The molecule has 0 bridgehead atoms. The van der Waals surface area contributed by atoms with Gasteiger partial charge in [-0.3, -0.25) is 9.78 Å². The fourth-order valence-corrected chi connectivity index (χ4v) is 3.70. The summed E-state index contributed by atoms with van der Waals surface area (Å²) < 4.78 is 19.2. The number of carbonyl (C=O) groups excluding carboxylic acids is 1. The van der Waals surface area contributed by atoms with E-state index in [1.54, 1.807) is 35.5 Å². The summed E-state index contributed by atoms with van der Waals surface area (Å²) in [6.07, 6.45) is 3.46. The zero-order valence-electron chi connectivity index (χ0n) is 19.0. The summed E-state index contributed by atoms with van der Waals surface area (Å²) in [4.78, 5) is 19.4. The third-order valence-electron chi connectivity index (χ3n) is 5.37. The SMILES string of the molecule is C=C(Cl)COc1ccc(CN(Cc2cccnc2)C(=O)c2ccc(-c3cccc(F)c3)cc2)cc1. The fourth-order valence-electron chi connectivity index (χ4n) is 3.64. The molecule has 4 aromatic rings. The van der Waals surface area contributed by atoms with Crippen LogP contribution < -0.4 is 4.74 Å². The fraction of sp³-hybridized carbons (Fsp3) is 0.103. The van der Waals surface area contributed by atoms with E-state index in [1.165, 1.54) is 12.1 Å². The Kier molecular flexibility index (Phi) is 7.91. The van der Waals surface area contributed by atoms with Crippen LogP contribution >= 0.6 is 11.6 Å². The smallest absolute Gasteiger partial charge is 0.254 e. The lowest BCUT2D eigenvalue weighted by Gasteiger charge is -2.23. The summed E-state index contributed by atoms with van der Waals surface area (Å²) in [6.45, 7) is 4.66. The van der Waals surface area contributed by atoms with Crippen LogP contribution in [0, 0.1) is 5.82 Å². The van der Waals surface area contributed by atoms with Gasteiger partial charge in [-0.25, -0.2) is 4.39 Å². The molecule has 1 aromatic heterocycles. The summed E-state index contributed by atoms with van der Waals surface area (Å²) in [5.41, 5.74) is 4.04. The largest absolute Gasteiger partial charge is 0.488 e. The van der Waals surface area contributed by atoms with Gasteiger partial charge in [0.15, 0.2) is 0 Å². The molecule has 1 amide bonds. The van der Waals surface area contributed by atoms with Crippen molar-refractivity contribution < 1.29 is 13.9 Å². The molecule has 0 fully saturated rings. The van der Waals surface area contributed by atoms with Gasteiger partial charge < -0.3 is 9.64 Å². The zero-order valence-corrected chi connectivity index (χ0v) is 19.8. The third kappa shape index (κ3) is 6.78. The first kappa shape index (κ1) is 24.2. The molecule has 0 radical (unpaired) electrons. The molecule has 0 spiro atoms. The predicted molar refractivity (Wildman–Crippen MR) is 137 cm³/mol. The summed E-state index contributed by atoms with van der Waals surface area (Å²) in [7, 11) is 0. The van der Waals surface area contributed by atoms with Crippen LogP contribution in [0.4, 0.5) is 4.39 Å². The normalized spacial score (nSPS) is 10.6. The van der Waals surface area contributed by atoms with Gasteiger partial charge in [0.2, 0.25) is 0 Å². The number of benzene rings is 3. The number of aromatic nitrogens is 1. The Morgan fingerprint density at radius 3 is 2.31 bits per heavy atom. The van der Waals surface area contributed by atoms with Crippen molar-refractivity contribution in [3.63, 3.8) is 0 Å². The zero-order chi connectivity index (χ0) is 24.6. The van der Waals surface area contributed by atoms with Crippen molar-refractivity contribution in [1.82, 2.24) is 9.88 Å². The minimum Gasteiger partial charge on any atom is -0.488 e. The Labute approximate surface area is 209 Å². The van der Waals surface area contributed by atoms with Gasteiger partial charge in [-0.05, 0) is 64.7 Å². The monoisotopic (exact) mass is 486 g/mol. The molecule has 6 heteroatoms. The average Bonchev–Trinajstić information content (AvgIpc) is 2.88. The lowest BCUT2D eigenvalue weighted by Crippen LogP contribution is -2.30. The van der Waals surface area contributed by atoms with Gasteiger partial charge in [0.25, 0.3) is 5.91 Å². The summed E-state index contributed by atoms with van der Waals surface area (Å²) >= 11 is 5.76. The van der Waals surface area contributed by atoms with Gasteiger partial charge in [0.05, 0.1) is 0 Å². The number of ether oxygens (including phenoxy) is 1. The molecule has 176 valence electrons. The molecule has 3 aromatic carbocycles. The van der Waals surface area contributed by atoms with Crippen molar-refractivity contribution in [2.75, 3.05) is 6.61 Å². The third-order valence-corrected chi connectivity index (χ3v) is 5.47. The number of hydrogen-bond donors (Lipinski definition) is 0. The second-order valence-electron chi connectivity index (χ2n) is 8.06. The van der Waals surface area contributed by atoms with Crippen molar-refractivity contribution in [3.05, 3.63) is 131 Å². The molecule has 35 heavy (non-hydrogen) atoms. The van der Waals surface area contributed by atoms with Crippen molar-refractivity contribution in [1.29, 1.82) is 0 Å². The first-order valence-electron chi connectivity index (χ1n) is 11.1. The molecule has 4 rings (SSSR count). The van der Waals surface area contributed by atoms with Crippen LogP contribution in [0.25, 0.3) is 11.1 Å². The standard InChI is InChI=1S/C29H24ClFN2O2/c1-21(30)20-35-28-13-7-22(8-14-28)18-33(19-23-4-3-15-32-17-23)29(34)25-11-9-24(10-12-25)26-5-2-6-27(31)16-26/h2-17H,1,18-20H2. The highest BCUT2D eigenvalue weighted by Crippen LogP contribution is 2.22. The van der Waals surface area contributed by atoms with Gasteiger partial charge in [0, 0.05) is 36.1 Å². The molecular weight excluding hydrogens is 463 g/mol. The summed E-state index contributed by atoms with van der Waals surface area (Å²) in [5.74, 6) is 0.265. The van der Waals surface area contributed by atoms with Crippen LogP contribution in [0.3, 0.4) is 0 Å². The highest BCUT2D eigenvalue weighted by Gasteiger charge is 2.17. The molecule has 0 atom stereocenters. The van der Waals surface area contributed by atoms with Crippen LogP contribution in [-0.2, 0) is 13.1 Å². The minimum atomic E-state index is -0.297. The maximum Gasteiger partial charge on any atom is 0.254 e. The topological polar surface area (TPSA) is 42.4 Å². The van der Waals surface area contributed by atoms with E-state index in [-0.39, 0.29) is 18.3 Å². The molecule has 0 aliphatic rings. The van der Waals surface area contributed by atoms with Gasteiger partial charge in [0.1, 0.15) is 18.2 Å². The molecule has 1 heterocycles. The van der Waals surface area contributed by atoms with E-state index in [0.717, 1.165) is 22.3 Å². The number of amides is 1. The molecule has 0 aliphatic carbocycles. The van der Waals surface area contributed by atoms with Gasteiger partial charge in [-0.1, -0.05) is 60.6 Å². The number of halogens is 2. The van der Waals surface area contributed by atoms with Crippen LogP contribution in [0.5, 0.6) is 5.75 Å². The van der Waals surface area contributed by atoms with Crippen LogP contribution in [0.1, 0.15) is 21.5 Å². The molecule has 0 aliphatic heterocycles. The lowest BCUT2D eigenvalue weighted by atomic mass is 10.0. The second-order valence-corrected chi connectivity index (χ2v) is 8.59. The van der Waals surface area contributed by atoms with Crippen molar-refractivity contribution in [2.24, 2.45) is 0 Å². The molecule has 0 unspecified atom stereocenters. The number of hydrogen-bond acceptors (Lipinski definition) is 3. The van der Waals surface area contributed by atoms with Gasteiger partial charge in [-0.2, -0.15) is 0 Å². The van der Waals surface area contributed by atoms with E-state index >= 15 is 0 Å². The Hall–Kier alpha value is -3.96. The van der Waals surface area contributed by atoms with E-state index in [9.17, 15) is 9.18 Å². The maximum atomic E-state index is 13.6. The van der Waals surface area contributed by atoms with Crippen molar-refractivity contribution in [3.8, 4) is 16.9 Å². The molecule has 0 saturated heterocycles. The van der Waals surface area contributed by atoms with Crippen molar-refractivity contribution >= 4 is 17.5 Å².